The van der Waals surface area contributed by atoms with E-state index in [1.165, 1.54) is 0 Å². The number of carbonyl (C=O) groups is 1. The van der Waals surface area contributed by atoms with Gasteiger partial charge in [-0.2, -0.15) is 0 Å². The summed E-state index contributed by atoms with van der Waals surface area (Å²) >= 11 is 0. The quantitative estimate of drug-likeness (QED) is 0.731. The molecule has 0 atom stereocenters. The SMILES string of the molecule is C=CCN(C(=O)NCc1noc2ccccc12)c1ccccc1. The fraction of sp³-hybridized carbons (Fsp3) is 0.111. The summed E-state index contributed by atoms with van der Waals surface area (Å²) in [6.45, 7) is 4.44. The number of nitrogens with zero attached hydrogens (tertiary/aromatic N) is 2. The molecular formula is C18H17N3O2. The number of amides is 2. The number of fused-ring (bicyclic) bond motifs is 1. The van der Waals surface area contributed by atoms with E-state index in [0.717, 1.165) is 11.1 Å². The van der Waals surface area contributed by atoms with Crippen molar-refractivity contribution in [2.45, 2.75) is 6.54 Å². The maximum absolute atomic E-state index is 12.5. The molecule has 2 amide bonds. The number of hydrogen-bond donors (Lipinski definition) is 1. The van der Waals surface area contributed by atoms with Gasteiger partial charge in [-0.05, 0) is 24.3 Å². The van der Waals surface area contributed by atoms with E-state index < -0.39 is 0 Å². The fourth-order valence-electron chi connectivity index (χ4n) is 2.36. The van der Waals surface area contributed by atoms with Crippen LogP contribution in [0.4, 0.5) is 10.5 Å². The van der Waals surface area contributed by atoms with Gasteiger partial charge in [0.05, 0.1) is 6.54 Å². The smallest absolute Gasteiger partial charge is 0.322 e. The van der Waals surface area contributed by atoms with Gasteiger partial charge in [-0.1, -0.05) is 41.6 Å². The van der Waals surface area contributed by atoms with Crippen LogP contribution in [0.25, 0.3) is 11.0 Å². The Balaban J connectivity index is 1.73. The molecule has 0 saturated heterocycles. The van der Waals surface area contributed by atoms with Crippen molar-refractivity contribution in [3.05, 3.63) is 72.9 Å². The minimum absolute atomic E-state index is 0.205. The number of benzene rings is 2. The molecule has 1 aromatic heterocycles. The molecule has 0 saturated carbocycles. The Hall–Kier alpha value is -3.08. The molecule has 0 aliphatic carbocycles. The summed E-state index contributed by atoms with van der Waals surface area (Å²) < 4.78 is 5.24. The van der Waals surface area contributed by atoms with Crippen LogP contribution in [0.5, 0.6) is 0 Å². The minimum atomic E-state index is -0.205. The van der Waals surface area contributed by atoms with Gasteiger partial charge >= 0.3 is 6.03 Å². The fourth-order valence-corrected chi connectivity index (χ4v) is 2.36. The molecule has 23 heavy (non-hydrogen) atoms. The summed E-state index contributed by atoms with van der Waals surface area (Å²) in [6.07, 6.45) is 1.69. The van der Waals surface area contributed by atoms with Crippen molar-refractivity contribution in [1.29, 1.82) is 0 Å². The van der Waals surface area contributed by atoms with Crippen molar-refractivity contribution in [3.63, 3.8) is 0 Å². The molecule has 1 heterocycles. The summed E-state index contributed by atoms with van der Waals surface area (Å²) in [5, 5.41) is 7.80. The Kier molecular flexibility index (Phi) is 4.38. The third kappa shape index (κ3) is 3.23. The predicted octanol–water partition coefficient (Wildman–Crippen LogP) is 3.73. The first kappa shape index (κ1) is 14.8. The van der Waals surface area contributed by atoms with Crippen LogP contribution < -0.4 is 10.2 Å². The lowest BCUT2D eigenvalue weighted by Crippen LogP contribution is -2.39. The van der Waals surface area contributed by atoms with Crippen LogP contribution in [0.15, 0.2) is 71.8 Å². The topological polar surface area (TPSA) is 58.4 Å². The van der Waals surface area contributed by atoms with Gasteiger partial charge in [0.1, 0.15) is 5.69 Å². The molecule has 0 bridgehead atoms. The van der Waals surface area contributed by atoms with Gasteiger partial charge < -0.3 is 9.84 Å². The Labute approximate surface area is 134 Å². The molecule has 0 aliphatic heterocycles. The molecule has 3 rings (SSSR count). The van der Waals surface area contributed by atoms with E-state index in [2.05, 4.69) is 17.1 Å². The van der Waals surface area contributed by atoms with Gasteiger partial charge in [-0.3, -0.25) is 4.90 Å². The number of rotatable bonds is 5. The number of nitrogens with one attached hydrogen (secondary N) is 1. The summed E-state index contributed by atoms with van der Waals surface area (Å²) in [4.78, 5) is 14.1. The number of para-hydroxylation sites is 2. The number of hydrogen-bond acceptors (Lipinski definition) is 3. The van der Waals surface area contributed by atoms with Crippen LogP contribution in [0.1, 0.15) is 5.69 Å². The van der Waals surface area contributed by atoms with Crippen molar-refractivity contribution in [1.82, 2.24) is 10.5 Å². The van der Waals surface area contributed by atoms with Crippen molar-refractivity contribution in [2.75, 3.05) is 11.4 Å². The van der Waals surface area contributed by atoms with Crippen LogP contribution in [-0.4, -0.2) is 17.7 Å². The third-order valence-electron chi connectivity index (χ3n) is 3.48. The molecule has 0 spiro atoms. The summed E-state index contributed by atoms with van der Waals surface area (Å²) in [7, 11) is 0. The molecule has 0 radical (unpaired) electrons. The highest BCUT2D eigenvalue weighted by Crippen LogP contribution is 2.18. The lowest BCUT2D eigenvalue weighted by Gasteiger charge is -2.21. The van der Waals surface area contributed by atoms with Crippen LogP contribution >= 0.6 is 0 Å². The Bertz CT molecular complexity index is 811. The van der Waals surface area contributed by atoms with E-state index >= 15 is 0 Å². The maximum atomic E-state index is 12.5. The van der Waals surface area contributed by atoms with Crippen LogP contribution in [-0.2, 0) is 6.54 Å². The minimum Gasteiger partial charge on any atom is -0.356 e. The maximum Gasteiger partial charge on any atom is 0.322 e. The van der Waals surface area contributed by atoms with Gasteiger partial charge in [0.2, 0.25) is 0 Å². The zero-order chi connectivity index (χ0) is 16.1. The van der Waals surface area contributed by atoms with E-state index in [1.54, 1.807) is 11.0 Å². The Morgan fingerprint density at radius 3 is 2.70 bits per heavy atom. The normalized spacial score (nSPS) is 10.4. The van der Waals surface area contributed by atoms with E-state index in [9.17, 15) is 4.79 Å². The van der Waals surface area contributed by atoms with Gasteiger partial charge in [0, 0.05) is 17.6 Å². The van der Waals surface area contributed by atoms with Crippen molar-refractivity contribution in [3.8, 4) is 0 Å². The zero-order valence-corrected chi connectivity index (χ0v) is 12.6. The molecule has 0 aliphatic rings. The third-order valence-corrected chi connectivity index (χ3v) is 3.48. The first-order valence-corrected chi connectivity index (χ1v) is 7.34. The molecule has 5 heteroatoms. The second-order valence-electron chi connectivity index (χ2n) is 5.02. The lowest BCUT2D eigenvalue weighted by molar-refractivity contribution is 0.246. The van der Waals surface area contributed by atoms with E-state index in [4.69, 9.17) is 4.52 Å². The largest absolute Gasteiger partial charge is 0.356 e. The van der Waals surface area contributed by atoms with Gasteiger partial charge in [0.15, 0.2) is 5.58 Å². The average molecular weight is 307 g/mol. The molecule has 3 aromatic rings. The van der Waals surface area contributed by atoms with Crippen LogP contribution in [0.2, 0.25) is 0 Å². The predicted molar refractivity (Wildman–Crippen MR) is 90.2 cm³/mol. The molecule has 1 N–H and O–H groups in total. The number of urea groups is 1. The number of anilines is 1. The molecular weight excluding hydrogens is 290 g/mol. The van der Waals surface area contributed by atoms with Gasteiger partial charge in [-0.15, -0.1) is 6.58 Å². The Morgan fingerprint density at radius 1 is 1.17 bits per heavy atom. The first-order chi connectivity index (χ1) is 11.3. The molecule has 5 nitrogen and oxygen atoms in total. The Morgan fingerprint density at radius 2 is 1.91 bits per heavy atom. The molecule has 2 aromatic carbocycles. The summed E-state index contributed by atoms with van der Waals surface area (Å²) in [5.74, 6) is 0. The lowest BCUT2D eigenvalue weighted by atomic mass is 10.2. The monoisotopic (exact) mass is 307 g/mol. The van der Waals surface area contributed by atoms with E-state index in [-0.39, 0.29) is 6.03 Å². The molecule has 0 fully saturated rings. The zero-order valence-electron chi connectivity index (χ0n) is 12.6. The summed E-state index contributed by atoms with van der Waals surface area (Å²) in [5.41, 5.74) is 2.23. The molecule has 116 valence electrons. The van der Waals surface area contributed by atoms with Gasteiger partial charge in [0.25, 0.3) is 0 Å². The van der Waals surface area contributed by atoms with Crippen LogP contribution in [0.3, 0.4) is 0 Å². The highest BCUT2D eigenvalue weighted by atomic mass is 16.5. The van der Waals surface area contributed by atoms with E-state index in [1.807, 2.05) is 54.6 Å². The molecule has 0 unspecified atom stereocenters. The first-order valence-electron chi connectivity index (χ1n) is 7.34. The van der Waals surface area contributed by atoms with Crippen molar-refractivity contribution < 1.29 is 9.32 Å². The number of carbonyl (C=O) groups excluding carboxylic acids is 1. The highest BCUT2D eigenvalue weighted by molar-refractivity contribution is 5.92. The van der Waals surface area contributed by atoms with Crippen molar-refractivity contribution >= 4 is 22.7 Å². The van der Waals surface area contributed by atoms with E-state index in [0.29, 0.717) is 24.4 Å². The van der Waals surface area contributed by atoms with Crippen molar-refractivity contribution in [2.24, 2.45) is 0 Å². The second-order valence-corrected chi connectivity index (χ2v) is 5.02. The second kappa shape index (κ2) is 6.79. The standard InChI is InChI=1S/C18H17N3O2/c1-2-12-21(14-8-4-3-5-9-14)18(22)19-13-16-15-10-6-7-11-17(15)23-20-16/h2-11H,1,12-13H2,(H,19,22). The average Bonchev–Trinajstić information content (AvgIpc) is 3.01. The highest BCUT2D eigenvalue weighted by Gasteiger charge is 2.15. The van der Waals surface area contributed by atoms with Gasteiger partial charge in [-0.25, -0.2) is 4.79 Å². The summed E-state index contributed by atoms with van der Waals surface area (Å²) in [6, 6.07) is 16.8. The number of aromatic nitrogens is 1. The van der Waals surface area contributed by atoms with Crippen LogP contribution in [0, 0.1) is 0 Å².